The molecule has 19 heavy (non-hydrogen) atoms. The van der Waals surface area contributed by atoms with Crippen LogP contribution in [-0.2, 0) is 14.3 Å². The lowest BCUT2D eigenvalue weighted by Gasteiger charge is -2.04. The Morgan fingerprint density at radius 2 is 1.63 bits per heavy atom. The van der Waals surface area contributed by atoms with Gasteiger partial charge in [0.05, 0.1) is 6.61 Å². The van der Waals surface area contributed by atoms with E-state index < -0.39 is 11.9 Å². The average molecular weight is 274 g/mol. The van der Waals surface area contributed by atoms with Gasteiger partial charge in [0.15, 0.2) is 0 Å². The first-order valence-electron chi connectivity index (χ1n) is 5.82. The zero-order valence-electron chi connectivity index (χ0n) is 11.2. The van der Waals surface area contributed by atoms with Gasteiger partial charge in [-0.05, 0) is 19.8 Å². The fourth-order valence-corrected chi connectivity index (χ4v) is 0.718. The first kappa shape index (κ1) is 19.7. The molecule has 0 fully saturated rings. The van der Waals surface area contributed by atoms with Gasteiger partial charge in [0.2, 0.25) is 0 Å². The van der Waals surface area contributed by atoms with Gasteiger partial charge >= 0.3 is 11.9 Å². The molecular formula is C13H22O6. The molecule has 0 heterocycles. The predicted molar refractivity (Wildman–Crippen MR) is 70.6 cm³/mol. The molecule has 0 aromatic carbocycles. The second-order valence-electron chi connectivity index (χ2n) is 3.73. The highest BCUT2D eigenvalue weighted by molar-refractivity contribution is 5.87. The number of rotatable bonds is 8. The number of aliphatic carboxylic acids is 1. The minimum absolute atomic E-state index is 0.0927. The Bertz CT molecular complexity index is 296. The Kier molecular flexibility index (Phi) is 13.2. The number of unbranched alkanes of at least 4 members (excludes halogenated alkanes) is 1. The lowest BCUT2D eigenvalue weighted by Crippen LogP contribution is -2.09. The predicted octanol–water partition coefficient (Wildman–Crippen LogP) is 0.888. The van der Waals surface area contributed by atoms with Gasteiger partial charge < -0.3 is 20.1 Å². The molecule has 0 aliphatic heterocycles. The topological polar surface area (TPSA) is 104 Å². The van der Waals surface area contributed by atoms with Crippen LogP contribution in [0.5, 0.6) is 0 Å². The molecule has 0 aliphatic carbocycles. The van der Waals surface area contributed by atoms with Crippen molar-refractivity contribution < 1.29 is 29.6 Å². The second kappa shape index (κ2) is 12.8. The summed E-state index contributed by atoms with van der Waals surface area (Å²) in [4.78, 5) is 20.6. The van der Waals surface area contributed by atoms with Crippen LogP contribution >= 0.6 is 0 Å². The van der Waals surface area contributed by atoms with E-state index in [1.165, 1.54) is 6.92 Å². The quantitative estimate of drug-likeness (QED) is 0.345. The van der Waals surface area contributed by atoms with Crippen molar-refractivity contribution in [2.75, 3.05) is 19.8 Å². The van der Waals surface area contributed by atoms with E-state index in [1.54, 1.807) is 0 Å². The van der Waals surface area contributed by atoms with E-state index in [-0.39, 0.29) is 30.8 Å². The minimum atomic E-state index is -0.935. The number of hydrogen-bond donors (Lipinski definition) is 3. The standard InChI is InChI=1S/C9H16O4.C4H6O2/c1-8(4-6-11)9(12)13-7-3-2-5-10;1-3(2)4(5)6/h10-11H,1-7H2;1H2,2H3,(H,5,6). The third-order valence-electron chi connectivity index (χ3n) is 1.85. The van der Waals surface area contributed by atoms with Crippen molar-refractivity contribution in [2.24, 2.45) is 0 Å². The van der Waals surface area contributed by atoms with Crippen LogP contribution in [0.2, 0.25) is 0 Å². The van der Waals surface area contributed by atoms with Gasteiger partial charge in [-0.25, -0.2) is 9.59 Å². The average Bonchev–Trinajstić information content (AvgIpc) is 2.35. The van der Waals surface area contributed by atoms with E-state index in [0.717, 1.165) is 0 Å². The molecule has 0 atom stereocenters. The second-order valence-corrected chi connectivity index (χ2v) is 3.73. The van der Waals surface area contributed by atoms with Gasteiger partial charge in [-0.1, -0.05) is 13.2 Å². The maximum absolute atomic E-state index is 11.0. The molecule has 0 aliphatic rings. The van der Waals surface area contributed by atoms with E-state index in [1.807, 2.05) is 0 Å². The fraction of sp³-hybridized carbons (Fsp3) is 0.538. The Morgan fingerprint density at radius 3 is 2.00 bits per heavy atom. The number of aliphatic hydroxyl groups is 2. The van der Waals surface area contributed by atoms with Gasteiger partial charge in [0.1, 0.15) is 0 Å². The Morgan fingerprint density at radius 1 is 1.11 bits per heavy atom. The highest BCUT2D eigenvalue weighted by Crippen LogP contribution is 2.00. The maximum Gasteiger partial charge on any atom is 0.333 e. The zero-order chi connectivity index (χ0) is 15.3. The summed E-state index contributed by atoms with van der Waals surface area (Å²) >= 11 is 0. The number of carbonyl (C=O) groups excluding carboxylic acids is 1. The molecule has 0 saturated carbocycles. The summed E-state index contributed by atoms with van der Waals surface area (Å²) in [5.74, 6) is -1.40. The first-order chi connectivity index (χ1) is 8.86. The molecule has 0 radical (unpaired) electrons. The summed E-state index contributed by atoms with van der Waals surface area (Å²) in [5, 5.41) is 24.8. The van der Waals surface area contributed by atoms with Crippen molar-refractivity contribution in [2.45, 2.75) is 26.2 Å². The van der Waals surface area contributed by atoms with Crippen molar-refractivity contribution in [3.8, 4) is 0 Å². The lowest BCUT2D eigenvalue weighted by molar-refractivity contribution is -0.139. The summed E-state index contributed by atoms with van der Waals surface area (Å²) in [6.45, 7) is 8.37. The summed E-state index contributed by atoms with van der Waals surface area (Å²) < 4.78 is 4.80. The Balaban J connectivity index is 0. The summed E-state index contributed by atoms with van der Waals surface area (Å²) in [6.07, 6.45) is 1.52. The molecular weight excluding hydrogens is 252 g/mol. The van der Waals surface area contributed by atoms with E-state index in [2.05, 4.69) is 13.2 Å². The molecule has 6 heteroatoms. The molecule has 0 saturated heterocycles. The Labute approximate surface area is 113 Å². The molecule has 3 N–H and O–H groups in total. The van der Waals surface area contributed by atoms with Crippen molar-refractivity contribution in [3.63, 3.8) is 0 Å². The van der Waals surface area contributed by atoms with Crippen molar-refractivity contribution in [1.29, 1.82) is 0 Å². The zero-order valence-corrected chi connectivity index (χ0v) is 11.2. The van der Waals surface area contributed by atoms with Crippen LogP contribution in [0.15, 0.2) is 24.3 Å². The third kappa shape index (κ3) is 14.3. The van der Waals surface area contributed by atoms with Gasteiger partial charge in [-0.3, -0.25) is 0 Å². The van der Waals surface area contributed by atoms with Crippen LogP contribution in [0.1, 0.15) is 26.2 Å². The Hall–Kier alpha value is -1.66. The van der Waals surface area contributed by atoms with Crippen LogP contribution in [-0.4, -0.2) is 47.1 Å². The molecule has 6 nitrogen and oxygen atoms in total. The van der Waals surface area contributed by atoms with E-state index >= 15 is 0 Å². The van der Waals surface area contributed by atoms with Crippen LogP contribution < -0.4 is 0 Å². The largest absolute Gasteiger partial charge is 0.478 e. The smallest absolute Gasteiger partial charge is 0.333 e. The molecule has 0 unspecified atom stereocenters. The van der Waals surface area contributed by atoms with Gasteiger partial charge in [-0.15, -0.1) is 0 Å². The molecule has 0 aromatic rings. The number of carboxylic acid groups (broad SMARTS) is 1. The van der Waals surface area contributed by atoms with Crippen molar-refractivity contribution >= 4 is 11.9 Å². The monoisotopic (exact) mass is 274 g/mol. The number of aliphatic hydroxyl groups excluding tert-OH is 2. The number of esters is 1. The first-order valence-corrected chi connectivity index (χ1v) is 5.82. The summed E-state index contributed by atoms with van der Waals surface area (Å²) in [7, 11) is 0. The van der Waals surface area contributed by atoms with Crippen LogP contribution in [0, 0.1) is 0 Å². The van der Waals surface area contributed by atoms with Crippen LogP contribution in [0.25, 0.3) is 0 Å². The highest BCUT2D eigenvalue weighted by atomic mass is 16.5. The van der Waals surface area contributed by atoms with Crippen molar-refractivity contribution in [1.82, 2.24) is 0 Å². The number of ether oxygens (including phenoxy) is 1. The maximum atomic E-state index is 11.0. The van der Waals surface area contributed by atoms with E-state index in [4.69, 9.17) is 20.1 Å². The van der Waals surface area contributed by atoms with Gasteiger partial charge in [0.25, 0.3) is 0 Å². The molecule has 0 rings (SSSR count). The normalized spacial score (nSPS) is 9.00. The highest BCUT2D eigenvalue weighted by Gasteiger charge is 2.06. The number of hydrogen-bond acceptors (Lipinski definition) is 5. The SMILES string of the molecule is C=C(C)C(=O)O.C=C(CCO)C(=O)OCCCCO. The van der Waals surface area contributed by atoms with Gasteiger partial charge in [-0.2, -0.15) is 0 Å². The van der Waals surface area contributed by atoms with Crippen molar-refractivity contribution in [3.05, 3.63) is 24.3 Å². The minimum Gasteiger partial charge on any atom is -0.478 e. The number of carbonyl (C=O) groups is 2. The molecule has 0 bridgehead atoms. The molecule has 0 amide bonds. The van der Waals surface area contributed by atoms with Crippen LogP contribution in [0.3, 0.4) is 0 Å². The number of carboxylic acids is 1. The fourth-order valence-electron chi connectivity index (χ4n) is 0.718. The van der Waals surface area contributed by atoms with Crippen LogP contribution in [0.4, 0.5) is 0 Å². The lowest BCUT2D eigenvalue weighted by atomic mass is 10.2. The van der Waals surface area contributed by atoms with E-state index in [9.17, 15) is 9.59 Å². The summed E-state index contributed by atoms with van der Waals surface area (Å²) in [5.41, 5.74) is 0.460. The van der Waals surface area contributed by atoms with E-state index in [0.29, 0.717) is 19.4 Å². The molecule has 110 valence electrons. The molecule has 0 spiro atoms. The summed E-state index contributed by atoms with van der Waals surface area (Å²) in [6, 6.07) is 0. The molecule has 0 aromatic heterocycles. The van der Waals surface area contributed by atoms with Gasteiger partial charge in [0, 0.05) is 30.8 Å². The third-order valence-corrected chi connectivity index (χ3v) is 1.85.